The zero-order valence-corrected chi connectivity index (χ0v) is 7.53. The normalized spacial score (nSPS) is 42.8. The van der Waals surface area contributed by atoms with Crippen molar-refractivity contribution in [3.63, 3.8) is 0 Å². The molecule has 0 aromatic heterocycles. The molecule has 3 atom stereocenters. The van der Waals surface area contributed by atoms with Crippen LogP contribution in [0, 0.1) is 11.8 Å². The molecule has 2 aliphatic heterocycles. The third-order valence-corrected chi connectivity index (χ3v) is 3.88. The lowest BCUT2D eigenvalue weighted by Gasteiger charge is -2.32. The minimum atomic E-state index is 0.0793. The van der Waals surface area contributed by atoms with Crippen LogP contribution in [0.1, 0.15) is 32.1 Å². The Morgan fingerprint density at radius 1 is 1.00 bits per heavy atom. The van der Waals surface area contributed by atoms with Crippen LogP contribution in [-0.4, -0.2) is 22.8 Å². The van der Waals surface area contributed by atoms with E-state index in [1.807, 2.05) is 0 Å². The molecule has 3 fully saturated rings. The smallest absolute Gasteiger partial charge is 0.229 e. The molecule has 3 rings (SSSR count). The molecule has 13 heavy (non-hydrogen) atoms. The summed E-state index contributed by atoms with van der Waals surface area (Å²) in [6.45, 7) is 0. The van der Waals surface area contributed by atoms with Crippen LogP contribution in [0.2, 0.25) is 0 Å². The van der Waals surface area contributed by atoms with Gasteiger partial charge in [-0.15, -0.1) is 0 Å². The Hall–Kier alpha value is -0.860. The number of amides is 2. The van der Waals surface area contributed by atoms with Gasteiger partial charge in [-0.3, -0.25) is 14.5 Å². The van der Waals surface area contributed by atoms with Gasteiger partial charge in [-0.2, -0.15) is 0 Å². The van der Waals surface area contributed by atoms with Crippen molar-refractivity contribution in [2.45, 2.75) is 38.1 Å². The second-order valence-electron chi connectivity index (χ2n) is 4.49. The SMILES string of the molecule is O=C1CCC2CCC3CC(=O)N1C23. The van der Waals surface area contributed by atoms with Gasteiger partial charge in [0.2, 0.25) is 11.8 Å². The van der Waals surface area contributed by atoms with E-state index in [2.05, 4.69) is 0 Å². The molecule has 0 aromatic carbocycles. The summed E-state index contributed by atoms with van der Waals surface area (Å²) < 4.78 is 0. The standard InChI is InChI=1S/C10H13NO2/c12-8-4-3-6-1-2-7-5-9(13)11(8)10(6)7/h6-7,10H,1-5H2. The molecule has 0 radical (unpaired) electrons. The van der Waals surface area contributed by atoms with Crippen LogP contribution in [0.3, 0.4) is 0 Å². The molecular weight excluding hydrogens is 166 g/mol. The van der Waals surface area contributed by atoms with Crippen molar-refractivity contribution < 1.29 is 9.59 Å². The van der Waals surface area contributed by atoms with E-state index in [0.29, 0.717) is 30.7 Å². The second-order valence-corrected chi connectivity index (χ2v) is 4.49. The van der Waals surface area contributed by atoms with Crippen LogP contribution < -0.4 is 0 Å². The maximum Gasteiger partial charge on any atom is 0.229 e. The van der Waals surface area contributed by atoms with Gasteiger partial charge in [-0.25, -0.2) is 0 Å². The quantitative estimate of drug-likeness (QED) is 0.519. The molecule has 3 nitrogen and oxygen atoms in total. The van der Waals surface area contributed by atoms with E-state index in [4.69, 9.17) is 0 Å². The summed E-state index contributed by atoms with van der Waals surface area (Å²) in [7, 11) is 0. The van der Waals surface area contributed by atoms with E-state index in [0.717, 1.165) is 12.8 Å². The fourth-order valence-electron chi connectivity index (χ4n) is 3.34. The number of piperidine rings is 1. The van der Waals surface area contributed by atoms with Crippen LogP contribution >= 0.6 is 0 Å². The largest absolute Gasteiger partial charge is 0.279 e. The maximum absolute atomic E-state index is 11.5. The van der Waals surface area contributed by atoms with Gasteiger partial charge in [0.1, 0.15) is 0 Å². The third kappa shape index (κ3) is 0.847. The summed E-state index contributed by atoms with van der Waals surface area (Å²) in [6, 6.07) is 0.300. The molecule has 3 aliphatic rings. The number of hydrogen-bond donors (Lipinski definition) is 0. The number of rotatable bonds is 0. The molecular formula is C10H13NO2. The highest BCUT2D eigenvalue weighted by Crippen LogP contribution is 2.46. The van der Waals surface area contributed by atoms with E-state index < -0.39 is 0 Å². The zero-order valence-electron chi connectivity index (χ0n) is 7.53. The number of carbonyl (C=O) groups is 2. The number of imide groups is 1. The first-order chi connectivity index (χ1) is 6.27. The lowest BCUT2D eigenvalue weighted by molar-refractivity contribution is -0.147. The lowest BCUT2D eigenvalue weighted by atomic mass is 9.91. The predicted octanol–water partition coefficient (Wildman–Crippen LogP) is 0.934. The van der Waals surface area contributed by atoms with Crippen molar-refractivity contribution in [3.8, 4) is 0 Å². The Balaban J connectivity index is 2.00. The van der Waals surface area contributed by atoms with E-state index in [1.165, 1.54) is 6.42 Å². The summed E-state index contributed by atoms with van der Waals surface area (Å²) in [6.07, 6.45) is 4.63. The molecule has 0 aromatic rings. The van der Waals surface area contributed by atoms with Gasteiger partial charge in [0.25, 0.3) is 0 Å². The molecule has 3 unspecified atom stereocenters. The number of hydrogen-bond acceptors (Lipinski definition) is 2. The molecule has 1 aliphatic carbocycles. The van der Waals surface area contributed by atoms with Gasteiger partial charge in [0.15, 0.2) is 0 Å². The van der Waals surface area contributed by atoms with E-state index in [1.54, 1.807) is 4.90 Å². The molecule has 2 heterocycles. The maximum atomic E-state index is 11.5. The van der Waals surface area contributed by atoms with Gasteiger partial charge < -0.3 is 0 Å². The summed E-state index contributed by atoms with van der Waals surface area (Å²) in [5.74, 6) is 1.30. The number of nitrogens with zero attached hydrogens (tertiary/aromatic N) is 1. The molecule has 2 saturated heterocycles. The number of carbonyl (C=O) groups excluding carboxylic acids is 2. The van der Waals surface area contributed by atoms with Crippen LogP contribution in [0.5, 0.6) is 0 Å². The highest BCUT2D eigenvalue weighted by atomic mass is 16.2. The van der Waals surface area contributed by atoms with Crippen molar-refractivity contribution >= 4 is 11.8 Å². The first kappa shape index (κ1) is 7.54. The summed E-state index contributed by atoms with van der Waals surface area (Å²) in [5.41, 5.74) is 0. The minimum Gasteiger partial charge on any atom is -0.279 e. The molecule has 0 N–H and O–H groups in total. The first-order valence-corrected chi connectivity index (χ1v) is 5.12. The summed E-state index contributed by atoms with van der Waals surface area (Å²) >= 11 is 0. The van der Waals surface area contributed by atoms with Crippen LogP contribution in [0.25, 0.3) is 0 Å². The third-order valence-electron chi connectivity index (χ3n) is 3.88. The van der Waals surface area contributed by atoms with E-state index >= 15 is 0 Å². The van der Waals surface area contributed by atoms with Crippen LogP contribution in [-0.2, 0) is 9.59 Å². The Labute approximate surface area is 77.1 Å². The van der Waals surface area contributed by atoms with Crippen molar-refractivity contribution in [1.29, 1.82) is 0 Å². The van der Waals surface area contributed by atoms with Gasteiger partial charge in [-0.05, 0) is 31.1 Å². The highest BCUT2D eigenvalue weighted by Gasteiger charge is 2.52. The van der Waals surface area contributed by atoms with Gasteiger partial charge in [0, 0.05) is 18.9 Å². The fraction of sp³-hybridized carbons (Fsp3) is 0.800. The Morgan fingerprint density at radius 2 is 1.77 bits per heavy atom. The van der Waals surface area contributed by atoms with Crippen molar-refractivity contribution in [3.05, 3.63) is 0 Å². The van der Waals surface area contributed by atoms with E-state index in [9.17, 15) is 9.59 Å². The zero-order chi connectivity index (χ0) is 9.00. The van der Waals surface area contributed by atoms with Crippen LogP contribution in [0.4, 0.5) is 0 Å². The fourth-order valence-corrected chi connectivity index (χ4v) is 3.34. The first-order valence-electron chi connectivity index (χ1n) is 5.12. The lowest BCUT2D eigenvalue weighted by Crippen LogP contribution is -2.46. The topological polar surface area (TPSA) is 37.4 Å². The van der Waals surface area contributed by atoms with Crippen LogP contribution in [0.15, 0.2) is 0 Å². The summed E-state index contributed by atoms with van der Waals surface area (Å²) in [5, 5.41) is 0. The average Bonchev–Trinajstić information content (AvgIpc) is 2.61. The Morgan fingerprint density at radius 3 is 2.62 bits per heavy atom. The Bertz CT molecular complexity index is 279. The molecule has 0 spiro atoms. The Kier molecular flexibility index (Phi) is 1.35. The van der Waals surface area contributed by atoms with Gasteiger partial charge in [0.05, 0.1) is 0 Å². The monoisotopic (exact) mass is 179 g/mol. The average molecular weight is 179 g/mol. The summed E-state index contributed by atoms with van der Waals surface area (Å²) in [4.78, 5) is 24.6. The molecule has 70 valence electrons. The molecule has 1 saturated carbocycles. The predicted molar refractivity (Wildman–Crippen MR) is 45.7 cm³/mol. The molecule has 0 bridgehead atoms. The van der Waals surface area contributed by atoms with Crippen molar-refractivity contribution in [2.75, 3.05) is 0 Å². The van der Waals surface area contributed by atoms with Gasteiger partial charge >= 0.3 is 0 Å². The highest BCUT2D eigenvalue weighted by molar-refractivity contribution is 5.98. The van der Waals surface area contributed by atoms with Crippen molar-refractivity contribution in [1.82, 2.24) is 4.90 Å². The molecule has 2 amide bonds. The van der Waals surface area contributed by atoms with Crippen molar-refractivity contribution in [2.24, 2.45) is 11.8 Å². The van der Waals surface area contributed by atoms with E-state index in [-0.39, 0.29) is 11.8 Å². The molecule has 3 heteroatoms. The second kappa shape index (κ2) is 2.34. The minimum absolute atomic E-state index is 0.0793. The van der Waals surface area contributed by atoms with Gasteiger partial charge in [-0.1, -0.05) is 0 Å².